The van der Waals surface area contributed by atoms with Gasteiger partial charge in [-0.05, 0) is 44.2 Å². The minimum absolute atomic E-state index is 0.0872. The van der Waals surface area contributed by atoms with Crippen LogP contribution in [0.5, 0.6) is 0 Å². The summed E-state index contributed by atoms with van der Waals surface area (Å²) in [4.78, 5) is 25.3. The molecule has 1 unspecified atom stereocenters. The number of fused-ring (bicyclic) bond motifs is 1. The zero-order valence-electron chi connectivity index (χ0n) is 11.3. The van der Waals surface area contributed by atoms with Crippen molar-refractivity contribution < 1.29 is 14.3 Å². The average molecular weight is 281 g/mol. The molecule has 1 N–H and O–H groups in total. The summed E-state index contributed by atoms with van der Waals surface area (Å²) in [6, 6.07) is 1.79. The van der Waals surface area contributed by atoms with E-state index < -0.39 is 0 Å². The third-order valence-corrected chi connectivity index (χ3v) is 4.53. The van der Waals surface area contributed by atoms with Crippen LogP contribution in [0.4, 0.5) is 0 Å². The monoisotopic (exact) mass is 281 g/mol. The van der Waals surface area contributed by atoms with Crippen molar-refractivity contribution >= 4 is 23.2 Å². The van der Waals surface area contributed by atoms with E-state index in [1.54, 1.807) is 11.3 Å². The molecule has 4 nitrogen and oxygen atoms in total. The highest BCUT2D eigenvalue weighted by molar-refractivity contribution is 7.14. The van der Waals surface area contributed by atoms with E-state index in [0.29, 0.717) is 0 Å². The number of carbonyl (C=O) groups is 2. The lowest BCUT2D eigenvalue weighted by Gasteiger charge is -2.11. The van der Waals surface area contributed by atoms with Crippen LogP contribution in [-0.4, -0.2) is 25.0 Å². The number of carbonyl (C=O) groups excluding carboxylic acids is 2. The Morgan fingerprint density at radius 1 is 1.42 bits per heavy atom. The van der Waals surface area contributed by atoms with E-state index in [1.807, 2.05) is 13.0 Å². The second-order valence-corrected chi connectivity index (χ2v) is 6.06. The molecule has 0 aliphatic heterocycles. The number of hydrogen-bond donors (Lipinski definition) is 1. The number of amides is 1. The zero-order chi connectivity index (χ0) is 13.8. The summed E-state index contributed by atoms with van der Waals surface area (Å²) < 4.78 is 4.59. The predicted molar refractivity (Wildman–Crippen MR) is 74.5 cm³/mol. The Labute approximate surface area is 117 Å². The van der Waals surface area contributed by atoms with Crippen LogP contribution >= 0.6 is 11.3 Å². The summed E-state index contributed by atoms with van der Waals surface area (Å²) in [6.45, 7) is 1.81. The van der Waals surface area contributed by atoms with Crippen molar-refractivity contribution in [3.63, 3.8) is 0 Å². The Morgan fingerprint density at radius 2 is 2.16 bits per heavy atom. The van der Waals surface area contributed by atoms with Crippen LogP contribution in [0.2, 0.25) is 0 Å². The first kappa shape index (κ1) is 14.1. The van der Waals surface area contributed by atoms with Crippen molar-refractivity contribution in [1.82, 2.24) is 5.32 Å². The van der Waals surface area contributed by atoms with E-state index in [2.05, 4.69) is 10.1 Å². The maximum absolute atomic E-state index is 12.1. The van der Waals surface area contributed by atoms with Crippen molar-refractivity contribution in [2.24, 2.45) is 0 Å². The van der Waals surface area contributed by atoms with Gasteiger partial charge in [0.25, 0.3) is 5.91 Å². The third-order valence-electron chi connectivity index (χ3n) is 3.30. The lowest BCUT2D eigenvalue weighted by Crippen LogP contribution is -2.34. The Bertz CT molecular complexity index is 458. The maximum atomic E-state index is 12.1. The van der Waals surface area contributed by atoms with E-state index in [0.717, 1.165) is 17.7 Å². The van der Waals surface area contributed by atoms with Crippen molar-refractivity contribution in [1.29, 1.82) is 0 Å². The number of thiophene rings is 1. The Morgan fingerprint density at radius 3 is 2.84 bits per heavy atom. The second kappa shape index (κ2) is 6.19. The van der Waals surface area contributed by atoms with Crippen LogP contribution in [-0.2, 0) is 22.4 Å². The molecule has 0 fully saturated rings. The molecule has 1 amide bonds. The second-order valence-electron chi connectivity index (χ2n) is 4.92. The smallest absolute Gasteiger partial charge is 0.307 e. The Balaban J connectivity index is 1.96. The van der Waals surface area contributed by atoms with E-state index in [-0.39, 0.29) is 24.3 Å². The highest BCUT2D eigenvalue weighted by Gasteiger charge is 2.19. The maximum Gasteiger partial charge on any atom is 0.307 e. The SMILES string of the molecule is COC(=O)CC(C)NC(=O)c1cc2c(s1)CCCC2. The lowest BCUT2D eigenvalue weighted by atomic mass is 9.99. The van der Waals surface area contributed by atoms with Crippen molar-refractivity contribution in [2.45, 2.75) is 45.1 Å². The van der Waals surface area contributed by atoms with Gasteiger partial charge < -0.3 is 10.1 Å². The van der Waals surface area contributed by atoms with Gasteiger partial charge in [0.1, 0.15) is 0 Å². The molecule has 0 saturated heterocycles. The molecule has 5 heteroatoms. The van der Waals surface area contributed by atoms with Gasteiger partial charge in [0.2, 0.25) is 0 Å². The van der Waals surface area contributed by atoms with Gasteiger partial charge >= 0.3 is 5.97 Å². The number of ether oxygens (including phenoxy) is 1. The molecule has 1 heterocycles. The van der Waals surface area contributed by atoms with Crippen LogP contribution in [0.25, 0.3) is 0 Å². The number of esters is 1. The Hall–Kier alpha value is -1.36. The van der Waals surface area contributed by atoms with Gasteiger partial charge in [0, 0.05) is 10.9 Å². The van der Waals surface area contributed by atoms with Crippen LogP contribution < -0.4 is 5.32 Å². The molecule has 0 spiro atoms. The summed E-state index contributed by atoms with van der Waals surface area (Å²) in [5, 5.41) is 2.84. The first-order valence-electron chi connectivity index (χ1n) is 6.59. The largest absolute Gasteiger partial charge is 0.469 e. The molecular formula is C14H19NO3S. The van der Waals surface area contributed by atoms with Crippen molar-refractivity contribution in [2.75, 3.05) is 7.11 Å². The van der Waals surface area contributed by atoms with Gasteiger partial charge in [-0.2, -0.15) is 0 Å². The average Bonchev–Trinajstić information content (AvgIpc) is 2.82. The number of hydrogen-bond acceptors (Lipinski definition) is 4. The highest BCUT2D eigenvalue weighted by Crippen LogP contribution is 2.29. The zero-order valence-corrected chi connectivity index (χ0v) is 12.1. The van der Waals surface area contributed by atoms with Crippen molar-refractivity contribution in [3.05, 3.63) is 21.4 Å². The van der Waals surface area contributed by atoms with Crippen LogP contribution in [0.1, 0.15) is 46.3 Å². The Kier molecular flexibility index (Phi) is 4.58. The van der Waals surface area contributed by atoms with Gasteiger partial charge in [-0.1, -0.05) is 0 Å². The lowest BCUT2D eigenvalue weighted by molar-refractivity contribution is -0.141. The minimum atomic E-state index is -0.307. The molecule has 19 heavy (non-hydrogen) atoms. The fraction of sp³-hybridized carbons (Fsp3) is 0.571. The quantitative estimate of drug-likeness (QED) is 0.862. The van der Waals surface area contributed by atoms with Gasteiger partial charge in [0.15, 0.2) is 0 Å². The molecule has 1 aromatic rings. The molecule has 1 aromatic heterocycles. The molecule has 0 bridgehead atoms. The predicted octanol–water partition coefficient (Wildman–Crippen LogP) is 2.31. The first-order valence-corrected chi connectivity index (χ1v) is 7.41. The standard InChI is InChI=1S/C14H19NO3S/c1-9(7-13(16)18-2)15-14(17)12-8-10-5-3-4-6-11(10)19-12/h8-9H,3-7H2,1-2H3,(H,15,17). The minimum Gasteiger partial charge on any atom is -0.469 e. The van der Waals surface area contributed by atoms with Crippen LogP contribution in [0.3, 0.4) is 0 Å². The molecule has 1 atom stereocenters. The van der Waals surface area contributed by atoms with E-state index >= 15 is 0 Å². The van der Waals surface area contributed by atoms with E-state index in [1.165, 1.54) is 30.4 Å². The summed E-state index contributed by atoms with van der Waals surface area (Å²) >= 11 is 1.58. The fourth-order valence-electron chi connectivity index (χ4n) is 2.28. The van der Waals surface area contributed by atoms with Gasteiger partial charge in [-0.15, -0.1) is 11.3 Å². The summed E-state index contributed by atoms with van der Waals surface area (Å²) in [5.41, 5.74) is 1.32. The van der Waals surface area contributed by atoms with E-state index in [4.69, 9.17) is 0 Å². The van der Waals surface area contributed by atoms with Gasteiger partial charge in [0.05, 0.1) is 18.4 Å². The molecule has 1 aliphatic carbocycles. The number of aryl methyl sites for hydroxylation is 2. The molecule has 0 radical (unpaired) electrons. The summed E-state index contributed by atoms with van der Waals surface area (Å²) in [6.07, 6.45) is 4.80. The third kappa shape index (κ3) is 3.56. The van der Waals surface area contributed by atoms with Gasteiger partial charge in [-0.25, -0.2) is 0 Å². The fourth-order valence-corrected chi connectivity index (χ4v) is 3.44. The van der Waals surface area contributed by atoms with Crippen LogP contribution in [0, 0.1) is 0 Å². The number of nitrogens with one attached hydrogen (secondary N) is 1. The summed E-state index contributed by atoms with van der Waals surface area (Å²) in [7, 11) is 1.35. The highest BCUT2D eigenvalue weighted by atomic mass is 32.1. The number of methoxy groups -OCH3 is 1. The normalized spacial score (nSPS) is 15.5. The topological polar surface area (TPSA) is 55.4 Å². The first-order chi connectivity index (χ1) is 9.10. The van der Waals surface area contributed by atoms with Gasteiger partial charge in [-0.3, -0.25) is 9.59 Å². The molecule has 104 valence electrons. The molecule has 0 aromatic carbocycles. The molecule has 2 rings (SSSR count). The van der Waals surface area contributed by atoms with Crippen molar-refractivity contribution in [3.8, 4) is 0 Å². The number of rotatable bonds is 4. The molecule has 0 saturated carbocycles. The van der Waals surface area contributed by atoms with Crippen LogP contribution in [0.15, 0.2) is 6.07 Å². The molecular weight excluding hydrogens is 262 g/mol. The van der Waals surface area contributed by atoms with E-state index in [9.17, 15) is 9.59 Å². The molecule has 1 aliphatic rings. The summed E-state index contributed by atoms with van der Waals surface area (Å²) in [5.74, 6) is -0.394.